The second kappa shape index (κ2) is 6.74. The molecular formula is C21H22N2. The van der Waals surface area contributed by atoms with Gasteiger partial charge in [-0.05, 0) is 49.1 Å². The van der Waals surface area contributed by atoms with Crippen molar-refractivity contribution in [1.82, 2.24) is 9.97 Å². The Morgan fingerprint density at radius 3 is 2.52 bits per heavy atom. The maximum Gasteiger partial charge on any atom is 0.0711 e. The van der Waals surface area contributed by atoms with Crippen molar-refractivity contribution in [3.63, 3.8) is 0 Å². The van der Waals surface area contributed by atoms with E-state index in [-0.39, 0.29) is 0 Å². The highest BCUT2D eigenvalue weighted by Crippen LogP contribution is 2.25. The highest BCUT2D eigenvalue weighted by atomic mass is 14.7. The predicted molar refractivity (Wildman–Crippen MR) is 96.2 cm³/mol. The summed E-state index contributed by atoms with van der Waals surface area (Å²) in [6.45, 7) is 6.55. The summed E-state index contributed by atoms with van der Waals surface area (Å²) in [5.41, 5.74) is 6.68. The van der Waals surface area contributed by atoms with Gasteiger partial charge in [-0.25, -0.2) is 0 Å². The van der Waals surface area contributed by atoms with E-state index in [0.29, 0.717) is 5.92 Å². The third kappa shape index (κ3) is 3.65. The summed E-state index contributed by atoms with van der Waals surface area (Å²) < 4.78 is 0. The van der Waals surface area contributed by atoms with Gasteiger partial charge in [0.25, 0.3) is 0 Å². The number of aryl methyl sites for hydroxylation is 1. The molecule has 3 rings (SSSR count). The first-order valence-corrected chi connectivity index (χ1v) is 8.12. The van der Waals surface area contributed by atoms with Crippen LogP contribution < -0.4 is 0 Å². The van der Waals surface area contributed by atoms with Crippen LogP contribution in [0.1, 0.15) is 25.1 Å². The predicted octanol–water partition coefficient (Wildman–Crippen LogP) is 5.32. The van der Waals surface area contributed by atoms with E-state index in [1.807, 2.05) is 12.3 Å². The molecule has 0 fully saturated rings. The number of pyridine rings is 2. The fraction of sp³-hybridized carbons (Fsp3) is 0.238. The molecule has 23 heavy (non-hydrogen) atoms. The first-order valence-electron chi connectivity index (χ1n) is 8.12. The van der Waals surface area contributed by atoms with E-state index >= 15 is 0 Å². The van der Waals surface area contributed by atoms with Crippen LogP contribution in [0.5, 0.6) is 0 Å². The van der Waals surface area contributed by atoms with E-state index in [0.717, 1.165) is 29.1 Å². The standard InChI is InChI=1S/C21H22N2/c1-15(2)13-18-8-6-10-20(23-18)17-11-12-22-21(14-17)19-9-5-4-7-16(19)3/h4-12,14-15H,13H2,1-3H3. The Morgan fingerprint density at radius 2 is 1.74 bits per heavy atom. The van der Waals surface area contributed by atoms with Crippen LogP contribution in [0.25, 0.3) is 22.5 Å². The molecule has 2 aromatic heterocycles. The van der Waals surface area contributed by atoms with E-state index in [4.69, 9.17) is 4.98 Å². The van der Waals surface area contributed by atoms with Gasteiger partial charge in [-0.1, -0.05) is 44.2 Å². The molecule has 1 aromatic carbocycles. The fourth-order valence-electron chi connectivity index (χ4n) is 2.77. The Kier molecular flexibility index (Phi) is 4.52. The third-order valence-corrected chi connectivity index (χ3v) is 3.90. The Hall–Kier alpha value is -2.48. The van der Waals surface area contributed by atoms with Crippen LogP contribution in [-0.4, -0.2) is 9.97 Å². The number of aromatic nitrogens is 2. The van der Waals surface area contributed by atoms with Gasteiger partial charge in [0, 0.05) is 23.0 Å². The first kappa shape index (κ1) is 15.4. The Labute approximate surface area is 138 Å². The van der Waals surface area contributed by atoms with Gasteiger partial charge in [-0.3, -0.25) is 9.97 Å². The Bertz CT molecular complexity index is 806. The zero-order valence-electron chi connectivity index (χ0n) is 14.0. The summed E-state index contributed by atoms with van der Waals surface area (Å²) in [6.07, 6.45) is 2.87. The minimum absolute atomic E-state index is 0.609. The number of rotatable bonds is 4. The minimum atomic E-state index is 0.609. The van der Waals surface area contributed by atoms with Crippen LogP contribution in [0.2, 0.25) is 0 Å². The molecular weight excluding hydrogens is 280 g/mol. The molecule has 0 saturated heterocycles. The molecule has 0 spiro atoms. The number of hydrogen-bond acceptors (Lipinski definition) is 2. The van der Waals surface area contributed by atoms with E-state index in [1.54, 1.807) is 0 Å². The van der Waals surface area contributed by atoms with Crippen molar-refractivity contribution >= 4 is 0 Å². The lowest BCUT2D eigenvalue weighted by Gasteiger charge is -2.09. The molecule has 116 valence electrons. The highest BCUT2D eigenvalue weighted by molar-refractivity contribution is 5.70. The molecule has 2 heteroatoms. The zero-order valence-corrected chi connectivity index (χ0v) is 14.0. The molecule has 0 aliphatic rings. The van der Waals surface area contributed by atoms with Gasteiger partial charge in [-0.15, -0.1) is 0 Å². The van der Waals surface area contributed by atoms with Crippen molar-refractivity contribution in [1.29, 1.82) is 0 Å². The van der Waals surface area contributed by atoms with Crippen LogP contribution in [0, 0.1) is 12.8 Å². The van der Waals surface area contributed by atoms with E-state index in [2.05, 4.69) is 74.3 Å². The van der Waals surface area contributed by atoms with Gasteiger partial charge in [0.1, 0.15) is 0 Å². The lowest BCUT2D eigenvalue weighted by Crippen LogP contribution is -1.98. The van der Waals surface area contributed by atoms with Crippen LogP contribution >= 0.6 is 0 Å². The topological polar surface area (TPSA) is 25.8 Å². The summed E-state index contributed by atoms with van der Waals surface area (Å²) >= 11 is 0. The summed E-state index contributed by atoms with van der Waals surface area (Å²) in [4.78, 5) is 9.35. The Balaban J connectivity index is 1.99. The molecule has 0 radical (unpaired) electrons. The van der Waals surface area contributed by atoms with E-state index < -0.39 is 0 Å². The second-order valence-electron chi connectivity index (χ2n) is 6.36. The van der Waals surface area contributed by atoms with E-state index in [1.165, 1.54) is 11.1 Å². The van der Waals surface area contributed by atoms with Gasteiger partial charge in [-0.2, -0.15) is 0 Å². The monoisotopic (exact) mass is 302 g/mol. The molecule has 0 amide bonds. The maximum absolute atomic E-state index is 4.81. The van der Waals surface area contributed by atoms with E-state index in [9.17, 15) is 0 Å². The van der Waals surface area contributed by atoms with Crippen LogP contribution in [0.15, 0.2) is 60.8 Å². The normalized spacial score (nSPS) is 11.0. The molecule has 0 atom stereocenters. The fourth-order valence-corrected chi connectivity index (χ4v) is 2.77. The van der Waals surface area contributed by atoms with Crippen molar-refractivity contribution in [2.45, 2.75) is 27.2 Å². The van der Waals surface area contributed by atoms with Gasteiger partial charge < -0.3 is 0 Å². The molecule has 0 bridgehead atoms. The molecule has 0 N–H and O–H groups in total. The maximum atomic E-state index is 4.81. The van der Waals surface area contributed by atoms with Gasteiger partial charge in [0.2, 0.25) is 0 Å². The molecule has 2 nitrogen and oxygen atoms in total. The molecule has 0 saturated carbocycles. The average molecular weight is 302 g/mol. The van der Waals surface area contributed by atoms with Gasteiger partial charge in [0.15, 0.2) is 0 Å². The minimum Gasteiger partial charge on any atom is -0.256 e. The van der Waals surface area contributed by atoms with Crippen LogP contribution in [0.4, 0.5) is 0 Å². The molecule has 2 heterocycles. The third-order valence-electron chi connectivity index (χ3n) is 3.90. The summed E-state index contributed by atoms with van der Waals surface area (Å²) in [5, 5.41) is 0. The smallest absolute Gasteiger partial charge is 0.0711 e. The molecule has 0 aliphatic carbocycles. The zero-order chi connectivity index (χ0) is 16.2. The lowest BCUT2D eigenvalue weighted by molar-refractivity contribution is 0.636. The summed E-state index contributed by atoms with van der Waals surface area (Å²) in [6, 6.07) is 18.8. The quantitative estimate of drug-likeness (QED) is 0.652. The number of nitrogens with zero attached hydrogens (tertiary/aromatic N) is 2. The number of hydrogen-bond donors (Lipinski definition) is 0. The van der Waals surface area contributed by atoms with Crippen LogP contribution in [0.3, 0.4) is 0 Å². The van der Waals surface area contributed by atoms with Gasteiger partial charge in [0.05, 0.1) is 11.4 Å². The summed E-state index contributed by atoms with van der Waals surface area (Å²) in [5.74, 6) is 0.609. The molecule has 3 aromatic rings. The molecule has 0 unspecified atom stereocenters. The van der Waals surface area contributed by atoms with Crippen molar-refractivity contribution in [3.8, 4) is 22.5 Å². The first-order chi connectivity index (χ1) is 11.1. The van der Waals surface area contributed by atoms with Crippen molar-refractivity contribution in [2.75, 3.05) is 0 Å². The summed E-state index contributed by atoms with van der Waals surface area (Å²) in [7, 11) is 0. The van der Waals surface area contributed by atoms with Crippen molar-refractivity contribution in [3.05, 3.63) is 72.1 Å². The highest BCUT2D eigenvalue weighted by Gasteiger charge is 2.07. The molecule has 0 aliphatic heterocycles. The van der Waals surface area contributed by atoms with Gasteiger partial charge >= 0.3 is 0 Å². The number of benzene rings is 1. The SMILES string of the molecule is Cc1ccccc1-c1cc(-c2cccc(CC(C)C)n2)ccn1. The largest absolute Gasteiger partial charge is 0.256 e. The lowest BCUT2D eigenvalue weighted by atomic mass is 10.0. The average Bonchev–Trinajstić information content (AvgIpc) is 2.55. The van der Waals surface area contributed by atoms with Crippen molar-refractivity contribution in [2.24, 2.45) is 5.92 Å². The van der Waals surface area contributed by atoms with Crippen LogP contribution in [-0.2, 0) is 6.42 Å². The van der Waals surface area contributed by atoms with Crippen molar-refractivity contribution < 1.29 is 0 Å². The Morgan fingerprint density at radius 1 is 0.913 bits per heavy atom. The second-order valence-corrected chi connectivity index (χ2v) is 6.36.